The van der Waals surface area contributed by atoms with E-state index in [4.69, 9.17) is 0 Å². The summed E-state index contributed by atoms with van der Waals surface area (Å²) in [4.78, 5) is 7.50. The Morgan fingerprint density at radius 3 is 2.50 bits per heavy atom. The Labute approximate surface area is 168 Å². The van der Waals surface area contributed by atoms with Crippen LogP contribution in [0.1, 0.15) is 17.2 Å². The number of ether oxygens (including phenoxy) is 3. The number of halogens is 5. The molecule has 2 rings (SSSR count). The number of aromatic nitrogens is 4. The van der Waals surface area contributed by atoms with Crippen molar-refractivity contribution in [2.45, 2.75) is 19.2 Å². The van der Waals surface area contributed by atoms with Crippen molar-refractivity contribution in [1.29, 1.82) is 0 Å². The number of hydrogen-bond acceptors (Lipinski definition) is 7. The number of alkyl halides is 5. The molecule has 0 aromatic carbocycles. The van der Waals surface area contributed by atoms with E-state index < -0.39 is 24.7 Å². The molecule has 13 heteroatoms. The van der Waals surface area contributed by atoms with Crippen molar-refractivity contribution in [3.05, 3.63) is 35.5 Å². The molecule has 0 fully saturated rings. The van der Waals surface area contributed by atoms with E-state index in [0.717, 1.165) is 4.57 Å². The van der Waals surface area contributed by atoms with Gasteiger partial charge in [-0.25, -0.2) is 4.98 Å². The number of hydrogen-bond donors (Lipinski definition) is 0. The van der Waals surface area contributed by atoms with Crippen molar-refractivity contribution in [2.24, 2.45) is 4.99 Å². The van der Waals surface area contributed by atoms with Crippen LogP contribution >= 0.6 is 0 Å². The molecule has 0 spiro atoms. The molecule has 30 heavy (non-hydrogen) atoms. The van der Waals surface area contributed by atoms with Crippen LogP contribution in [0.15, 0.2) is 23.3 Å². The van der Waals surface area contributed by atoms with Gasteiger partial charge in [-0.3, -0.25) is 9.56 Å². The summed E-state index contributed by atoms with van der Waals surface area (Å²) in [7, 11) is 1.34. The minimum Gasteiger partial charge on any atom is -0.468 e. The van der Waals surface area contributed by atoms with Crippen LogP contribution in [-0.4, -0.2) is 59.6 Å². The molecule has 0 saturated heterocycles. The molecule has 164 valence electrons. The molecule has 0 amide bonds. The van der Waals surface area contributed by atoms with E-state index in [9.17, 15) is 22.0 Å². The minimum atomic E-state index is -4.51. The Bertz CT molecular complexity index is 881. The van der Waals surface area contributed by atoms with Crippen molar-refractivity contribution in [2.75, 3.05) is 26.9 Å². The Hall–Kier alpha value is -2.93. The van der Waals surface area contributed by atoms with E-state index in [2.05, 4.69) is 41.1 Å². The number of rotatable bonds is 10. The first-order valence-electron chi connectivity index (χ1n) is 8.34. The lowest BCUT2D eigenvalue weighted by Crippen LogP contribution is -2.24. The predicted molar refractivity (Wildman–Crippen MR) is 96.0 cm³/mol. The normalized spacial score (nSPS) is 12.8. The second kappa shape index (κ2) is 9.71. The lowest BCUT2D eigenvalue weighted by Gasteiger charge is -2.16. The van der Waals surface area contributed by atoms with E-state index in [1.54, 1.807) is 0 Å². The fourth-order valence-corrected chi connectivity index (χ4v) is 2.14. The average Bonchev–Trinajstić information content (AvgIpc) is 3.05. The Morgan fingerprint density at radius 1 is 1.20 bits per heavy atom. The summed E-state index contributed by atoms with van der Waals surface area (Å²) in [5.41, 5.74) is 0.369. The Morgan fingerprint density at radius 2 is 1.93 bits per heavy atom. The lowest BCUT2D eigenvalue weighted by molar-refractivity contribution is -0.258. The van der Waals surface area contributed by atoms with Gasteiger partial charge < -0.3 is 14.2 Å². The second-order valence-corrected chi connectivity index (χ2v) is 5.76. The molecule has 0 aliphatic rings. The van der Waals surface area contributed by atoms with Gasteiger partial charge in [0.2, 0.25) is 11.7 Å². The summed E-state index contributed by atoms with van der Waals surface area (Å²) < 4.78 is 80.0. The largest absolute Gasteiger partial charge is 0.468 e. The van der Waals surface area contributed by atoms with Crippen LogP contribution in [0, 0.1) is 6.92 Å². The third-order valence-corrected chi connectivity index (χ3v) is 3.53. The number of nitrogens with zero attached hydrogens (tertiary/aromatic N) is 5. The molecule has 0 bridgehead atoms. The number of aliphatic imine (C=N–C) groups is 1. The maximum absolute atomic E-state index is 14.3. The third kappa shape index (κ3) is 6.29. The first-order valence-corrected chi connectivity index (χ1v) is 8.34. The minimum absolute atomic E-state index is 0.0492. The molecule has 0 aliphatic carbocycles. The summed E-state index contributed by atoms with van der Waals surface area (Å²) in [6, 6.07) is 2.54. The SMILES string of the molecule is C=N/C(=C\n1c(C)nnc1C(F)(F)OCCOC)c1ccc(OCC(F)(F)F)nc1. The maximum Gasteiger partial charge on any atom is 0.422 e. The zero-order valence-corrected chi connectivity index (χ0v) is 16.0. The zero-order chi connectivity index (χ0) is 22.4. The fraction of sp³-hybridized carbons (Fsp3) is 0.412. The van der Waals surface area contributed by atoms with Crippen molar-refractivity contribution in [1.82, 2.24) is 19.7 Å². The van der Waals surface area contributed by atoms with Crippen LogP contribution in [0.2, 0.25) is 0 Å². The molecular weight excluding hydrogens is 417 g/mol. The van der Waals surface area contributed by atoms with E-state index in [0.29, 0.717) is 0 Å². The van der Waals surface area contributed by atoms with Gasteiger partial charge >= 0.3 is 12.3 Å². The lowest BCUT2D eigenvalue weighted by atomic mass is 10.2. The topological polar surface area (TPSA) is 83.7 Å². The van der Waals surface area contributed by atoms with E-state index in [1.807, 2.05) is 0 Å². The van der Waals surface area contributed by atoms with Crippen LogP contribution in [0.4, 0.5) is 22.0 Å². The Balaban J connectivity index is 2.28. The van der Waals surface area contributed by atoms with Crippen LogP contribution in [0.3, 0.4) is 0 Å². The quantitative estimate of drug-likeness (QED) is 0.324. The van der Waals surface area contributed by atoms with Gasteiger partial charge in [0.05, 0.1) is 18.9 Å². The van der Waals surface area contributed by atoms with Gasteiger partial charge in [0.25, 0.3) is 0 Å². The molecule has 0 N–H and O–H groups in total. The highest BCUT2D eigenvalue weighted by Crippen LogP contribution is 2.30. The second-order valence-electron chi connectivity index (χ2n) is 5.76. The van der Waals surface area contributed by atoms with Crippen LogP contribution in [0.25, 0.3) is 11.9 Å². The molecular formula is C17H18F5N5O3. The smallest absolute Gasteiger partial charge is 0.422 e. The van der Waals surface area contributed by atoms with Gasteiger partial charge in [-0.2, -0.15) is 22.0 Å². The first-order chi connectivity index (χ1) is 14.1. The molecule has 0 radical (unpaired) electrons. The molecule has 2 aromatic heterocycles. The predicted octanol–water partition coefficient (Wildman–Crippen LogP) is 3.29. The first kappa shape index (κ1) is 23.3. The van der Waals surface area contributed by atoms with Gasteiger partial charge in [-0.05, 0) is 19.7 Å². The van der Waals surface area contributed by atoms with Gasteiger partial charge in [-0.1, -0.05) is 0 Å². The maximum atomic E-state index is 14.3. The highest BCUT2D eigenvalue weighted by molar-refractivity contribution is 5.76. The Kier molecular flexibility index (Phi) is 7.56. The third-order valence-electron chi connectivity index (χ3n) is 3.53. The molecule has 0 atom stereocenters. The molecule has 2 aromatic rings. The van der Waals surface area contributed by atoms with Gasteiger partial charge in [-0.15, -0.1) is 10.2 Å². The van der Waals surface area contributed by atoms with Crippen LogP contribution in [0.5, 0.6) is 5.88 Å². The highest BCUT2D eigenvalue weighted by atomic mass is 19.4. The standard InChI is InChI=1S/C17H18F5N5O3/c1-11-25-26-15(17(21,22)30-7-6-28-3)27(11)9-13(23-2)12-4-5-14(24-8-12)29-10-16(18,19)20/h4-5,8-9H,2,6-7,10H2,1,3H3/b13-9-. The summed E-state index contributed by atoms with van der Waals surface area (Å²) in [5, 5.41) is 7.08. The van der Waals surface area contributed by atoms with Crippen molar-refractivity contribution in [3.63, 3.8) is 0 Å². The molecule has 8 nitrogen and oxygen atoms in total. The summed E-state index contributed by atoms with van der Waals surface area (Å²) in [5.74, 6) is -0.951. The van der Waals surface area contributed by atoms with Gasteiger partial charge in [0.15, 0.2) is 6.61 Å². The van der Waals surface area contributed by atoms with E-state index in [1.165, 1.54) is 38.6 Å². The fourth-order valence-electron chi connectivity index (χ4n) is 2.14. The highest BCUT2D eigenvalue weighted by Gasteiger charge is 2.39. The number of methoxy groups -OCH3 is 1. The average molecular weight is 435 g/mol. The summed E-state index contributed by atoms with van der Waals surface area (Å²) in [6.07, 6.45) is -5.93. The van der Waals surface area contributed by atoms with E-state index >= 15 is 0 Å². The molecule has 0 saturated carbocycles. The summed E-state index contributed by atoms with van der Waals surface area (Å²) >= 11 is 0. The summed E-state index contributed by atoms with van der Waals surface area (Å²) in [6.45, 7) is 2.89. The number of aryl methyl sites for hydroxylation is 1. The van der Waals surface area contributed by atoms with E-state index in [-0.39, 0.29) is 36.2 Å². The van der Waals surface area contributed by atoms with Gasteiger partial charge in [0, 0.05) is 31.1 Å². The molecule has 0 aliphatic heterocycles. The van der Waals surface area contributed by atoms with Crippen molar-refractivity contribution < 1.29 is 36.2 Å². The molecule has 0 unspecified atom stereocenters. The zero-order valence-electron chi connectivity index (χ0n) is 16.0. The molecule has 2 heterocycles. The van der Waals surface area contributed by atoms with Crippen LogP contribution < -0.4 is 4.74 Å². The van der Waals surface area contributed by atoms with Crippen molar-refractivity contribution in [3.8, 4) is 5.88 Å². The van der Waals surface area contributed by atoms with Crippen LogP contribution in [-0.2, 0) is 15.6 Å². The van der Waals surface area contributed by atoms with Gasteiger partial charge in [0.1, 0.15) is 5.82 Å². The monoisotopic (exact) mass is 435 g/mol. The number of pyridine rings is 1. The van der Waals surface area contributed by atoms with Crippen molar-refractivity contribution >= 4 is 18.6 Å².